The fourth-order valence-electron chi connectivity index (χ4n) is 2.72. The van der Waals surface area contributed by atoms with Crippen molar-refractivity contribution in [3.63, 3.8) is 0 Å². The van der Waals surface area contributed by atoms with Gasteiger partial charge in [-0.3, -0.25) is 4.79 Å². The molecule has 0 aliphatic carbocycles. The quantitative estimate of drug-likeness (QED) is 0.787. The van der Waals surface area contributed by atoms with Crippen LogP contribution in [0.4, 0.5) is 0 Å². The molecule has 1 aromatic rings. The number of nitrogens with zero attached hydrogens (tertiary/aromatic N) is 1. The van der Waals surface area contributed by atoms with Gasteiger partial charge in [0.05, 0.1) is 0 Å². The van der Waals surface area contributed by atoms with Gasteiger partial charge in [0.2, 0.25) is 5.91 Å². The van der Waals surface area contributed by atoms with Crippen LogP contribution < -0.4 is 11.1 Å². The number of piperidine rings is 1. The van der Waals surface area contributed by atoms with Crippen molar-refractivity contribution in [3.8, 4) is 0 Å². The second-order valence-corrected chi connectivity index (χ2v) is 6.06. The van der Waals surface area contributed by atoms with Crippen molar-refractivity contribution in [1.29, 1.82) is 0 Å². The Hall–Kier alpha value is -1.39. The van der Waals surface area contributed by atoms with Gasteiger partial charge in [-0.25, -0.2) is 0 Å². The van der Waals surface area contributed by atoms with Crippen LogP contribution in [0.15, 0.2) is 30.3 Å². The molecule has 0 spiro atoms. The zero-order chi connectivity index (χ0) is 15.1. The Morgan fingerprint density at radius 3 is 2.67 bits per heavy atom. The number of hydrogen-bond donors (Lipinski definition) is 2. The molecule has 1 atom stereocenters. The van der Waals surface area contributed by atoms with Crippen molar-refractivity contribution >= 4 is 5.91 Å². The summed E-state index contributed by atoms with van der Waals surface area (Å²) in [5, 5.41) is 2.94. The molecule has 2 rings (SSSR count). The third kappa shape index (κ3) is 5.14. The van der Waals surface area contributed by atoms with Crippen molar-refractivity contribution in [2.24, 2.45) is 11.7 Å². The van der Waals surface area contributed by atoms with Crippen LogP contribution >= 0.6 is 0 Å². The number of amides is 1. The first-order valence-corrected chi connectivity index (χ1v) is 7.97. The number of carbonyl (C=O) groups excluding carboxylic acids is 1. The van der Waals surface area contributed by atoms with Gasteiger partial charge in [-0.05, 0) is 50.4 Å². The molecule has 4 heteroatoms. The average Bonchev–Trinajstić information content (AvgIpc) is 2.53. The van der Waals surface area contributed by atoms with E-state index in [9.17, 15) is 4.79 Å². The van der Waals surface area contributed by atoms with Gasteiger partial charge in [0.25, 0.3) is 0 Å². The van der Waals surface area contributed by atoms with E-state index in [0.717, 1.165) is 24.4 Å². The van der Waals surface area contributed by atoms with Crippen LogP contribution in [0.3, 0.4) is 0 Å². The van der Waals surface area contributed by atoms with E-state index in [4.69, 9.17) is 5.73 Å². The highest BCUT2D eigenvalue weighted by molar-refractivity contribution is 5.82. The molecule has 3 N–H and O–H groups in total. The Labute approximate surface area is 127 Å². The molecular formula is C17H27N3O. The topological polar surface area (TPSA) is 58.4 Å². The lowest BCUT2D eigenvalue weighted by atomic mass is 9.99. The Morgan fingerprint density at radius 2 is 2.00 bits per heavy atom. The number of rotatable bonds is 6. The molecule has 0 bridgehead atoms. The van der Waals surface area contributed by atoms with Crippen molar-refractivity contribution in [1.82, 2.24) is 10.2 Å². The number of nitrogens with two attached hydrogens (primary N) is 1. The Balaban J connectivity index is 1.63. The highest BCUT2D eigenvalue weighted by Gasteiger charge is 2.16. The molecule has 4 nitrogen and oxygen atoms in total. The Morgan fingerprint density at radius 1 is 1.33 bits per heavy atom. The number of hydrogen-bond acceptors (Lipinski definition) is 3. The number of likely N-dealkylation sites (tertiary alicyclic amines) is 1. The lowest BCUT2D eigenvalue weighted by Crippen LogP contribution is -2.37. The fourth-order valence-corrected chi connectivity index (χ4v) is 2.72. The molecule has 1 aromatic carbocycles. The molecule has 1 amide bonds. The minimum atomic E-state index is -0.568. The van der Waals surface area contributed by atoms with Crippen molar-refractivity contribution in [2.45, 2.75) is 32.2 Å². The summed E-state index contributed by atoms with van der Waals surface area (Å²) in [7, 11) is 0. The van der Waals surface area contributed by atoms with Gasteiger partial charge in [0, 0.05) is 6.54 Å². The molecule has 0 radical (unpaired) electrons. The van der Waals surface area contributed by atoms with Gasteiger partial charge in [0.1, 0.15) is 6.04 Å². The molecule has 1 aliphatic rings. The SMILES string of the molecule is CC1CCN(CCCNC(=O)C(N)c2ccccc2)CC1. The minimum Gasteiger partial charge on any atom is -0.354 e. The van der Waals surface area contributed by atoms with E-state index < -0.39 is 6.04 Å². The van der Waals surface area contributed by atoms with Gasteiger partial charge < -0.3 is 16.0 Å². The molecule has 21 heavy (non-hydrogen) atoms. The van der Waals surface area contributed by atoms with Crippen LogP contribution in [0.25, 0.3) is 0 Å². The second-order valence-electron chi connectivity index (χ2n) is 6.06. The van der Waals surface area contributed by atoms with E-state index in [1.54, 1.807) is 0 Å². The summed E-state index contributed by atoms with van der Waals surface area (Å²) in [5.41, 5.74) is 6.82. The van der Waals surface area contributed by atoms with Crippen molar-refractivity contribution in [2.75, 3.05) is 26.2 Å². The third-order valence-electron chi connectivity index (χ3n) is 4.27. The first-order chi connectivity index (χ1) is 10.2. The summed E-state index contributed by atoms with van der Waals surface area (Å²) in [5.74, 6) is 0.776. The zero-order valence-electron chi connectivity index (χ0n) is 12.9. The van der Waals surface area contributed by atoms with Crippen LogP contribution in [-0.2, 0) is 4.79 Å². The highest BCUT2D eigenvalue weighted by Crippen LogP contribution is 2.15. The first kappa shape index (κ1) is 16.0. The lowest BCUT2D eigenvalue weighted by Gasteiger charge is -2.30. The Kier molecular flexibility index (Phi) is 6.21. The van der Waals surface area contributed by atoms with Gasteiger partial charge in [-0.15, -0.1) is 0 Å². The largest absolute Gasteiger partial charge is 0.354 e. The third-order valence-corrected chi connectivity index (χ3v) is 4.27. The maximum absolute atomic E-state index is 12.0. The summed E-state index contributed by atoms with van der Waals surface area (Å²) in [6.07, 6.45) is 3.58. The highest BCUT2D eigenvalue weighted by atomic mass is 16.2. The molecular weight excluding hydrogens is 262 g/mol. The number of nitrogens with one attached hydrogen (secondary N) is 1. The van der Waals surface area contributed by atoms with Crippen LogP contribution in [0.1, 0.15) is 37.8 Å². The monoisotopic (exact) mass is 289 g/mol. The van der Waals surface area contributed by atoms with Crippen LogP contribution in [-0.4, -0.2) is 37.0 Å². The number of carbonyl (C=O) groups is 1. The minimum absolute atomic E-state index is 0.0894. The van der Waals surface area contributed by atoms with E-state index in [2.05, 4.69) is 17.1 Å². The second kappa shape index (κ2) is 8.15. The summed E-state index contributed by atoms with van der Waals surface area (Å²) in [6.45, 7) is 6.47. The van der Waals surface area contributed by atoms with Crippen LogP contribution in [0, 0.1) is 5.92 Å². The van der Waals surface area contributed by atoms with E-state index >= 15 is 0 Å². The van der Waals surface area contributed by atoms with Crippen LogP contribution in [0.5, 0.6) is 0 Å². The Bertz CT molecular complexity index is 427. The molecule has 116 valence electrons. The maximum atomic E-state index is 12.0. The van der Waals surface area contributed by atoms with Gasteiger partial charge >= 0.3 is 0 Å². The molecule has 1 fully saturated rings. The predicted octanol–water partition coefficient (Wildman–Crippen LogP) is 1.92. The summed E-state index contributed by atoms with van der Waals surface area (Å²) in [6, 6.07) is 8.94. The zero-order valence-corrected chi connectivity index (χ0v) is 12.9. The normalized spacial score (nSPS) is 18.4. The molecule has 1 heterocycles. The van der Waals surface area contributed by atoms with E-state index in [1.165, 1.54) is 25.9 Å². The van der Waals surface area contributed by atoms with E-state index in [-0.39, 0.29) is 5.91 Å². The molecule has 0 aromatic heterocycles. The van der Waals surface area contributed by atoms with Crippen LogP contribution in [0.2, 0.25) is 0 Å². The maximum Gasteiger partial charge on any atom is 0.241 e. The predicted molar refractivity (Wildman–Crippen MR) is 85.8 cm³/mol. The van der Waals surface area contributed by atoms with Gasteiger partial charge in [0.15, 0.2) is 0 Å². The van der Waals surface area contributed by atoms with Gasteiger partial charge in [-0.1, -0.05) is 37.3 Å². The van der Waals surface area contributed by atoms with E-state index in [1.807, 2.05) is 30.3 Å². The molecule has 1 saturated heterocycles. The summed E-state index contributed by atoms with van der Waals surface area (Å²) < 4.78 is 0. The molecule has 0 saturated carbocycles. The molecule has 1 unspecified atom stereocenters. The van der Waals surface area contributed by atoms with Crippen molar-refractivity contribution < 1.29 is 4.79 Å². The standard InChI is InChI=1S/C17H27N3O/c1-14-8-12-20(13-9-14)11-5-10-19-17(21)16(18)15-6-3-2-4-7-15/h2-4,6-7,14,16H,5,8-13,18H2,1H3,(H,19,21). The van der Waals surface area contributed by atoms with Gasteiger partial charge in [-0.2, -0.15) is 0 Å². The average molecular weight is 289 g/mol. The summed E-state index contributed by atoms with van der Waals surface area (Å²) >= 11 is 0. The summed E-state index contributed by atoms with van der Waals surface area (Å²) in [4.78, 5) is 14.5. The number of benzene rings is 1. The smallest absolute Gasteiger partial charge is 0.241 e. The lowest BCUT2D eigenvalue weighted by molar-refractivity contribution is -0.122. The van der Waals surface area contributed by atoms with E-state index in [0.29, 0.717) is 6.54 Å². The molecule has 1 aliphatic heterocycles. The van der Waals surface area contributed by atoms with Crippen molar-refractivity contribution in [3.05, 3.63) is 35.9 Å². The first-order valence-electron chi connectivity index (χ1n) is 7.97. The fraction of sp³-hybridized carbons (Fsp3) is 0.588.